The van der Waals surface area contributed by atoms with E-state index in [-0.39, 0.29) is 6.03 Å². The SMILES string of the molecule is O=C(O)[C@@H](c1ccc(NC(=O)N2CCCC2)cc1)N1CCOCC1. The number of morpholine rings is 1. The van der Waals surface area contributed by atoms with Gasteiger partial charge in [-0.3, -0.25) is 9.69 Å². The van der Waals surface area contributed by atoms with Crippen molar-refractivity contribution in [3.63, 3.8) is 0 Å². The number of hydrogen-bond acceptors (Lipinski definition) is 4. The van der Waals surface area contributed by atoms with Crippen LogP contribution in [0, 0.1) is 0 Å². The van der Waals surface area contributed by atoms with Gasteiger partial charge in [0.15, 0.2) is 0 Å². The molecule has 3 rings (SSSR count). The molecule has 0 aromatic heterocycles. The predicted octanol–water partition coefficient (Wildman–Crippen LogP) is 1.77. The molecule has 2 fully saturated rings. The Balaban J connectivity index is 1.67. The first-order valence-electron chi connectivity index (χ1n) is 8.35. The van der Waals surface area contributed by atoms with Gasteiger partial charge in [-0.1, -0.05) is 12.1 Å². The molecule has 0 radical (unpaired) electrons. The highest BCUT2D eigenvalue weighted by Crippen LogP contribution is 2.24. The number of likely N-dealkylation sites (tertiary alicyclic amines) is 1. The number of anilines is 1. The third-order valence-electron chi connectivity index (χ3n) is 4.52. The van der Waals surface area contributed by atoms with Crippen LogP contribution in [-0.4, -0.2) is 66.3 Å². The van der Waals surface area contributed by atoms with Crippen LogP contribution in [0.1, 0.15) is 24.4 Å². The van der Waals surface area contributed by atoms with E-state index in [9.17, 15) is 14.7 Å². The van der Waals surface area contributed by atoms with Crippen molar-refractivity contribution in [3.8, 4) is 0 Å². The third kappa shape index (κ3) is 3.85. The maximum absolute atomic E-state index is 12.1. The summed E-state index contributed by atoms with van der Waals surface area (Å²) in [4.78, 5) is 27.5. The van der Waals surface area contributed by atoms with E-state index < -0.39 is 12.0 Å². The highest BCUT2D eigenvalue weighted by molar-refractivity contribution is 5.89. The Morgan fingerprint density at radius 3 is 2.25 bits per heavy atom. The van der Waals surface area contributed by atoms with E-state index >= 15 is 0 Å². The van der Waals surface area contributed by atoms with Crippen molar-refractivity contribution in [2.75, 3.05) is 44.7 Å². The average molecular weight is 333 g/mol. The minimum Gasteiger partial charge on any atom is -0.480 e. The Bertz CT molecular complexity index is 578. The summed E-state index contributed by atoms with van der Waals surface area (Å²) >= 11 is 0. The zero-order valence-electron chi connectivity index (χ0n) is 13.6. The molecule has 7 nitrogen and oxygen atoms in total. The molecule has 0 bridgehead atoms. The highest BCUT2D eigenvalue weighted by Gasteiger charge is 2.28. The van der Waals surface area contributed by atoms with Crippen LogP contribution in [0.15, 0.2) is 24.3 Å². The van der Waals surface area contributed by atoms with Gasteiger partial charge in [0.25, 0.3) is 0 Å². The zero-order chi connectivity index (χ0) is 16.9. The third-order valence-corrected chi connectivity index (χ3v) is 4.52. The van der Waals surface area contributed by atoms with Gasteiger partial charge < -0.3 is 20.1 Å². The number of nitrogens with one attached hydrogen (secondary N) is 1. The zero-order valence-corrected chi connectivity index (χ0v) is 13.6. The van der Waals surface area contributed by atoms with E-state index in [0.29, 0.717) is 37.6 Å². The molecule has 2 aliphatic heterocycles. The summed E-state index contributed by atoms with van der Waals surface area (Å²) in [6, 6.07) is 6.29. The number of nitrogens with zero attached hydrogens (tertiary/aromatic N) is 2. The van der Waals surface area contributed by atoms with Gasteiger partial charge in [-0.05, 0) is 30.5 Å². The average Bonchev–Trinajstić information content (AvgIpc) is 3.12. The van der Waals surface area contributed by atoms with E-state index in [1.165, 1.54) is 0 Å². The summed E-state index contributed by atoms with van der Waals surface area (Å²) in [5, 5.41) is 12.4. The molecule has 7 heteroatoms. The van der Waals surface area contributed by atoms with E-state index in [2.05, 4.69) is 5.32 Å². The lowest BCUT2D eigenvalue weighted by Gasteiger charge is -2.32. The van der Waals surface area contributed by atoms with E-state index in [1.54, 1.807) is 29.2 Å². The number of ether oxygens (including phenoxy) is 1. The molecule has 0 aliphatic carbocycles. The van der Waals surface area contributed by atoms with Crippen molar-refractivity contribution in [3.05, 3.63) is 29.8 Å². The number of hydrogen-bond donors (Lipinski definition) is 2. The Morgan fingerprint density at radius 2 is 1.67 bits per heavy atom. The van der Waals surface area contributed by atoms with E-state index in [1.807, 2.05) is 4.90 Å². The highest BCUT2D eigenvalue weighted by atomic mass is 16.5. The summed E-state index contributed by atoms with van der Waals surface area (Å²) in [7, 11) is 0. The largest absolute Gasteiger partial charge is 0.480 e. The first-order chi connectivity index (χ1) is 11.6. The Hall–Kier alpha value is -2.12. The molecule has 1 aromatic rings. The summed E-state index contributed by atoms with van der Waals surface area (Å²) in [6.07, 6.45) is 2.10. The molecule has 1 aromatic carbocycles. The Kier molecular flexibility index (Phi) is 5.32. The van der Waals surface area contributed by atoms with Crippen LogP contribution in [0.5, 0.6) is 0 Å². The van der Waals surface area contributed by atoms with Crippen LogP contribution in [0.25, 0.3) is 0 Å². The summed E-state index contributed by atoms with van der Waals surface area (Å²) in [5.74, 6) is -0.870. The van der Waals surface area contributed by atoms with Crippen molar-refractivity contribution in [2.45, 2.75) is 18.9 Å². The number of carboxylic acids is 1. The van der Waals surface area contributed by atoms with Crippen LogP contribution in [-0.2, 0) is 9.53 Å². The predicted molar refractivity (Wildman–Crippen MR) is 89.0 cm³/mol. The lowest BCUT2D eigenvalue weighted by Crippen LogP contribution is -2.42. The second-order valence-electron chi connectivity index (χ2n) is 6.14. The fourth-order valence-electron chi connectivity index (χ4n) is 3.22. The van der Waals surface area contributed by atoms with Gasteiger partial charge in [0.05, 0.1) is 13.2 Å². The summed E-state index contributed by atoms with van der Waals surface area (Å²) in [5.41, 5.74) is 1.39. The van der Waals surface area contributed by atoms with Crippen molar-refractivity contribution < 1.29 is 19.4 Å². The van der Waals surface area contributed by atoms with Gasteiger partial charge in [0.2, 0.25) is 0 Å². The molecular weight excluding hydrogens is 310 g/mol. The molecule has 0 saturated carbocycles. The van der Waals surface area contributed by atoms with Crippen LogP contribution < -0.4 is 5.32 Å². The van der Waals surface area contributed by atoms with Crippen molar-refractivity contribution in [1.29, 1.82) is 0 Å². The van der Waals surface area contributed by atoms with Gasteiger partial charge in [0, 0.05) is 31.9 Å². The molecule has 2 amide bonds. The number of carbonyl (C=O) groups is 2. The number of rotatable bonds is 4. The number of amides is 2. The minimum absolute atomic E-state index is 0.0942. The van der Waals surface area contributed by atoms with Crippen LogP contribution in [0.2, 0.25) is 0 Å². The first-order valence-corrected chi connectivity index (χ1v) is 8.35. The van der Waals surface area contributed by atoms with E-state index in [0.717, 1.165) is 25.9 Å². The molecular formula is C17H23N3O4. The lowest BCUT2D eigenvalue weighted by molar-refractivity contribution is -0.145. The maximum atomic E-state index is 12.1. The number of urea groups is 1. The topological polar surface area (TPSA) is 82.1 Å². The fourth-order valence-corrected chi connectivity index (χ4v) is 3.22. The molecule has 0 spiro atoms. The van der Waals surface area contributed by atoms with Gasteiger partial charge in [-0.2, -0.15) is 0 Å². The lowest BCUT2D eigenvalue weighted by atomic mass is 10.0. The van der Waals surface area contributed by atoms with Crippen molar-refractivity contribution in [2.24, 2.45) is 0 Å². The van der Waals surface area contributed by atoms with Gasteiger partial charge >= 0.3 is 12.0 Å². The van der Waals surface area contributed by atoms with Gasteiger partial charge in [-0.15, -0.1) is 0 Å². The Labute approximate surface area is 141 Å². The molecule has 2 heterocycles. The van der Waals surface area contributed by atoms with Crippen molar-refractivity contribution in [1.82, 2.24) is 9.80 Å². The molecule has 130 valence electrons. The molecule has 2 N–H and O–H groups in total. The monoisotopic (exact) mass is 333 g/mol. The Morgan fingerprint density at radius 1 is 1.04 bits per heavy atom. The van der Waals surface area contributed by atoms with Gasteiger partial charge in [0.1, 0.15) is 6.04 Å². The standard InChI is InChI=1S/C17H23N3O4/c21-16(22)15(19-9-11-24-12-10-19)13-3-5-14(6-4-13)18-17(23)20-7-1-2-8-20/h3-6,15H,1-2,7-12H2,(H,18,23)(H,21,22)/t15-/m1/s1. The number of benzene rings is 1. The van der Waals surface area contributed by atoms with Crippen molar-refractivity contribution >= 4 is 17.7 Å². The second kappa shape index (κ2) is 7.63. The minimum atomic E-state index is -0.870. The first kappa shape index (κ1) is 16.7. The van der Waals surface area contributed by atoms with Crippen LogP contribution in [0.4, 0.5) is 10.5 Å². The molecule has 2 aliphatic rings. The fraction of sp³-hybridized carbons (Fsp3) is 0.529. The van der Waals surface area contributed by atoms with E-state index in [4.69, 9.17) is 4.74 Å². The molecule has 0 unspecified atom stereocenters. The molecule has 1 atom stereocenters. The van der Waals surface area contributed by atoms with Crippen LogP contribution >= 0.6 is 0 Å². The summed E-state index contributed by atoms with van der Waals surface area (Å²) < 4.78 is 5.29. The van der Waals surface area contributed by atoms with Crippen LogP contribution in [0.3, 0.4) is 0 Å². The smallest absolute Gasteiger partial charge is 0.325 e. The number of aliphatic carboxylic acids is 1. The molecule has 24 heavy (non-hydrogen) atoms. The second-order valence-corrected chi connectivity index (χ2v) is 6.14. The van der Waals surface area contributed by atoms with Gasteiger partial charge in [-0.25, -0.2) is 4.79 Å². The summed E-state index contributed by atoms with van der Waals surface area (Å²) in [6.45, 7) is 3.89. The number of carbonyl (C=O) groups excluding carboxylic acids is 1. The molecule has 2 saturated heterocycles. The normalized spacial score (nSPS) is 19.9. The maximum Gasteiger partial charge on any atom is 0.325 e. The quantitative estimate of drug-likeness (QED) is 0.877. The number of carboxylic acid groups (broad SMARTS) is 1.